The summed E-state index contributed by atoms with van der Waals surface area (Å²) in [5.74, 6) is -0.0508. The van der Waals surface area contributed by atoms with Crippen LogP contribution in [-0.2, 0) is 14.3 Å². The van der Waals surface area contributed by atoms with Crippen molar-refractivity contribution in [2.24, 2.45) is 0 Å². The van der Waals surface area contributed by atoms with E-state index < -0.39 is 23.7 Å². The summed E-state index contributed by atoms with van der Waals surface area (Å²) < 4.78 is 9.79. The van der Waals surface area contributed by atoms with E-state index in [0.29, 0.717) is 5.75 Å². The number of carbonyl (C=O) groups excluding carboxylic acids is 2. The Bertz CT molecular complexity index is 250. The molecule has 0 aliphatic rings. The molecular weight excluding hydrogens is 230 g/mol. The van der Waals surface area contributed by atoms with Crippen molar-refractivity contribution in [3.8, 4) is 0 Å². The molecule has 0 aromatic carbocycles. The largest absolute Gasteiger partial charge is 0.463 e. The van der Waals surface area contributed by atoms with Crippen LogP contribution < -0.4 is 5.32 Å². The van der Waals surface area contributed by atoms with E-state index in [-0.39, 0.29) is 6.61 Å². The fourth-order valence-electron chi connectivity index (χ4n) is 0.814. The summed E-state index contributed by atoms with van der Waals surface area (Å²) in [6, 6.07) is -0.727. The first-order valence-corrected chi connectivity index (χ1v) is 5.66. The minimum absolute atomic E-state index is 0.224. The molecule has 1 N–H and O–H groups in total. The number of rotatable bonds is 4. The number of ether oxygens (including phenoxy) is 2. The Labute approximate surface area is 101 Å². The lowest BCUT2D eigenvalue weighted by molar-refractivity contribution is -0.145. The van der Waals surface area contributed by atoms with Crippen LogP contribution in [0.3, 0.4) is 0 Å². The Morgan fingerprint density at radius 2 is 1.94 bits per heavy atom. The molecule has 0 aliphatic carbocycles. The number of amides is 1. The van der Waals surface area contributed by atoms with Gasteiger partial charge in [-0.3, -0.25) is 0 Å². The summed E-state index contributed by atoms with van der Waals surface area (Å²) in [5.41, 5.74) is -0.585. The van der Waals surface area contributed by atoms with Gasteiger partial charge in [0.15, 0.2) is 0 Å². The van der Waals surface area contributed by atoms with Gasteiger partial charge in [-0.1, -0.05) is 0 Å². The molecule has 16 heavy (non-hydrogen) atoms. The standard InChI is InChI=1S/C10H19NO4S/c1-7(8(12)14-5-6-16)11-9(13)15-10(2,3)4/h7,16H,5-6H2,1-4H3,(H,11,13). The molecule has 5 nitrogen and oxygen atoms in total. The average Bonchev–Trinajstić information content (AvgIpc) is 2.10. The van der Waals surface area contributed by atoms with Gasteiger partial charge in [0.2, 0.25) is 0 Å². The van der Waals surface area contributed by atoms with Crippen molar-refractivity contribution in [1.29, 1.82) is 0 Å². The molecule has 0 saturated carbocycles. The van der Waals surface area contributed by atoms with Crippen molar-refractivity contribution in [1.82, 2.24) is 5.32 Å². The summed E-state index contributed by atoms with van der Waals surface area (Å²) in [6.07, 6.45) is -0.636. The van der Waals surface area contributed by atoms with Crippen LogP contribution in [-0.4, -0.2) is 36.1 Å². The van der Waals surface area contributed by atoms with Gasteiger partial charge < -0.3 is 14.8 Å². The van der Waals surface area contributed by atoms with Crippen LogP contribution >= 0.6 is 12.6 Å². The topological polar surface area (TPSA) is 64.6 Å². The molecule has 0 aromatic rings. The summed E-state index contributed by atoms with van der Waals surface area (Å²) >= 11 is 3.90. The minimum atomic E-state index is -0.727. The molecule has 0 bridgehead atoms. The summed E-state index contributed by atoms with van der Waals surface area (Å²) in [7, 11) is 0. The number of thiol groups is 1. The molecule has 0 radical (unpaired) electrons. The molecule has 6 heteroatoms. The summed E-state index contributed by atoms with van der Waals surface area (Å²) in [4.78, 5) is 22.6. The van der Waals surface area contributed by atoms with Gasteiger partial charge in [0, 0.05) is 5.75 Å². The van der Waals surface area contributed by atoms with Crippen molar-refractivity contribution < 1.29 is 19.1 Å². The monoisotopic (exact) mass is 249 g/mol. The molecule has 0 fully saturated rings. The van der Waals surface area contributed by atoms with E-state index in [9.17, 15) is 9.59 Å². The predicted molar refractivity (Wildman–Crippen MR) is 63.6 cm³/mol. The smallest absolute Gasteiger partial charge is 0.408 e. The van der Waals surface area contributed by atoms with Crippen molar-refractivity contribution in [3.05, 3.63) is 0 Å². The Balaban J connectivity index is 3.99. The molecule has 1 atom stereocenters. The quantitative estimate of drug-likeness (QED) is 0.583. The molecule has 1 unspecified atom stereocenters. The van der Waals surface area contributed by atoms with Gasteiger partial charge in [-0.25, -0.2) is 9.59 Å². The highest BCUT2D eigenvalue weighted by molar-refractivity contribution is 7.80. The van der Waals surface area contributed by atoms with Gasteiger partial charge in [-0.2, -0.15) is 12.6 Å². The molecule has 0 rings (SSSR count). The van der Waals surface area contributed by atoms with Gasteiger partial charge in [-0.15, -0.1) is 0 Å². The third-order valence-corrected chi connectivity index (χ3v) is 1.60. The molecule has 0 heterocycles. The van der Waals surface area contributed by atoms with E-state index in [1.165, 1.54) is 6.92 Å². The van der Waals surface area contributed by atoms with E-state index in [1.807, 2.05) is 0 Å². The Kier molecular flexibility index (Phi) is 6.25. The number of nitrogens with one attached hydrogen (secondary N) is 1. The van der Waals surface area contributed by atoms with E-state index in [1.54, 1.807) is 20.8 Å². The van der Waals surface area contributed by atoms with Crippen LogP contribution in [0.15, 0.2) is 0 Å². The molecule has 0 aliphatic heterocycles. The van der Waals surface area contributed by atoms with Gasteiger partial charge in [-0.05, 0) is 27.7 Å². The second-order valence-electron chi connectivity index (χ2n) is 4.26. The van der Waals surface area contributed by atoms with Crippen LogP contribution in [0.5, 0.6) is 0 Å². The Hall–Kier alpha value is -0.910. The second kappa shape index (κ2) is 6.62. The van der Waals surface area contributed by atoms with Crippen molar-refractivity contribution >= 4 is 24.7 Å². The van der Waals surface area contributed by atoms with Crippen LogP contribution in [0.1, 0.15) is 27.7 Å². The van der Waals surface area contributed by atoms with E-state index >= 15 is 0 Å². The third kappa shape index (κ3) is 7.39. The fourth-order valence-corrected chi connectivity index (χ4v) is 0.906. The van der Waals surface area contributed by atoms with Crippen LogP contribution in [0, 0.1) is 0 Å². The maximum Gasteiger partial charge on any atom is 0.408 e. The van der Waals surface area contributed by atoms with Gasteiger partial charge in [0.05, 0.1) is 0 Å². The summed E-state index contributed by atoms with van der Waals surface area (Å²) in [6.45, 7) is 7.00. The molecular formula is C10H19NO4S. The zero-order valence-corrected chi connectivity index (χ0v) is 11.0. The van der Waals surface area contributed by atoms with Crippen LogP contribution in [0.4, 0.5) is 4.79 Å². The van der Waals surface area contributed by atoms with Crippen molar-refractivity contribution in [2.45, 2.75) is 39.3 Å². The number of esters is 1. The van der Waals surface area contributed by atoms with Gasteiger partial charge >= 0.3 is 12.1 Å². The zero-order valence-electron chi connectivity index (χ0n) is 10.1. The first-order valence-electron chi connectivity index (χ1n) is 5.03. The molecule has 0 spiro atoms. The third-order valence-electron chi connectivity index (χ3n) is 1.42. The minimum Gasteiger partial charge on any atom is -0.463 e. The molecule has 1 amide bonds. The van der Waals surface area contributed by atoms with Crippen molar-refractivity contribution in [3.63, 3.8) is 0 Å². The van der Waals surface area contributed by atoms with Gasteiger partial charge in [0.1, 0.15) is 18.2 Å². The lowest BCUT2D eigenvalue weighted by Crippen LogP contribution is -2.42. The molecule has 0 saturated heterocycles. The van der Waals surface area contributed by atoms with E-state index in [2.05, 4.69) is 17.9 Å². The highest BCUT2D eigenvalue weighted by atomic mass is 32.1. The summed E-state index contributed by atoms with van der Waals surface area (Å²) in [5, 5.41) is 2.38. The Morgan fingerprint density at radius 1 is 1.38 bits per heavy atom. The Morgan fingerprint density at radius 3 is 2.38 bits per heavy atom. The number of hydrogen-bond acceptors (Lipinski definition) is 5. The normalized spacial score (nSPS) is 12.8. The highest BCUT2D eigenvalue weighted by Gasteiger charge is 2.21. The lowest BCUT2D eigenvalue weighted by Gasteiger charge is -2.21. The maximum absolute atomic E-state index is 11.3. The van der Waals surface area contributed by atoms with E-state index in [4.69, 9.17) is 9.47 Å². The van der Waals surface area contributed by atoms with Crippen LogP contribution in [0.2, 0.25) is 0 Å². The number of carbonyl (C=O) groups is 2. The van der Waals surface area contributed by atoms with E-state index in [0.717, 1.165) is 0 Å². The zero-order chi connectivity index (χ0) is 12.8. The average molecular weight is 249 g/mol. The van der Waals surface area contributed by atoms with Gasteiger partial charge in [0.25, 0.3) is 0 Å². The maximum atomic E-state index is 11.3. The first-order chi connectivity index (χ1) is 7.26. The first kappa shape index (κ1) is 15.1. The lowest BCUT2D eigenvalue weighted by atomic mass is 10.2. The SMILES string of the molecule is CC(NC(=O)OC(C)(C)C)C(=O)OCCS. The number of hydrogen-bond donors (Lipinski definition) is 2. The number of alkyl carbamates (subject to hydrolysis) is 1. The fraction of sp³-hybridized carbons (Fsp3) is 0.800. The molecule has 94 valence electrons. The van der Waals surface area contributed by atoms with Crippen LogP contribution in [0.25, 0.3) is 0 Å². The van der Waals surface area contributed by atoms with Crippen molar-refractivity contribution in [2.75, 3.05) is 12.4 Å². The predicted octanol–water partition coefficient (Wildman–Crippen LogP) is 1.37. The molecule has 0 aromatic heterocycles. The highest BCUT2D eigenvalue weighted by Crippen LogP contribution is 2.06. The second-order valence-corrected chi connectivity index (χ2v) is 4.71.